The summed E-state index contributed by atoms with van der Waals surface area (Å²) in [5, 5.41) is 3.39. The third-order valence-corrected chi connectivity index (χ3v) is 7.78. The van der Waals surface area contributed by atoms with E-state index in [0.29, 0.717) is 43.4 Å². The summed E-state index contributed by atoms with van der Waals surface area (Å²) in [6.45, 7) is 3.44. The second-order valence-electron chi connectivity index (χ2n) is 8.04. The number of rotatable bonds is 5. The minimum Gasteiger partial charge on any atom is -0.379 e. The maximum absolute atomic E-state index is 13.2. The number of nitrogens with one attached hydrogen (secondary N) is 1. The molecule has 3 heterocycles. The number of aryl methyl sites for hydroxylation is 1. The molecule has 0 radical (unpaired) electrons. The number of fused-ring (bicyclic) bond motifs is 1. The van der Waals surface area contributed by atoms with Gasteiger partial charge < -0.3 is 10.1 Å². The van der Waals surface area contributed by atoms with E-state index >= 15 is 0 Å². The number of carbonyl (C=O) groups is 1. The molecule has 2 aliphatic heterocycles. The lowest BCUT2D eigenvalue weighted by molar-refractivity contribution is 0.0730. The molecule has 1 atom stereocenters. The van der Waals surface area contributed by atoms with Crippen LogP contribution in [0.4, 0.5) is 11.5 Å². The van der Waals surface area contributed by atoms with Crippen molar-refractivity contribution >= 4 is 27.4 Å². The second-order valence-corrected chi connectivity index (χ2v) is 9.98. The summed E-state index contributed by atoms with van der Waals surface area (Å²) in [6.07, 6.45) is 1.26. The topological polar surface area (TPSA) is 91.8 Å². The quantitative estimate of drug-likeness (QED) is 0.624. The average Bonchev–Trinajstić information content (AvgIpc) is 3.12. The van der Waals surface area contributed by atoms with E-state index in [2.05, 4.69) is 10.3 Å². The smallest absolute Gasteiger partial charge is 0.261 e. The van der Waals surface area contributed by atoms with Crippen LogP contribution in [0.5, 0.6) is 0 Å². The standard InChI is InChI=1S/C24H24N4O4S/c1-17-6-11-22(25-16-17)28-23(20-4-2-3-5-21(20)24(28)29)26-18-7-9-19(10-8-18)33(30,31)27-12-14-32-15-13-27/h2-11,16,23,26H,12-15H2,1H3/t23-/m1/s1. The normalized spacial score (nSPS) is 18.9. The molecule has 1 aromatic heterocycles. The first kappa shape index (κ1) is 21.6. The molecule has 1 N–H and O–H groups in total. The summed E-state index contributed by atoms with van der Waals surface area (Å²) in [7, 11) is -3.57. The molecule has 1 amide bonds. The van der Waals surface area contributed by atoms with Crippen molar-refractivity contribution in [2.45, 2.75) is 18.0 Å². The highest BCUT2D eigenvalue weighted by Gasteiger charge is 2.38. The molecule has 1 fully saturated rings. The molecule has 0 bridgehead atoms. The zero-order chi connectivity index (χ0) is 23.0. The van der Waals surface area contributed by atoms with E-state index < -0.39 is 16.2 Å². The monoisotopic (exact) mass is 464 g/mol. The second kappa shape index (κ2) is 8.58. The number of nitrogens with zero attached hydrogens (tertiary/aromatic N) is 3. The Hall–Kier alpha value is -3.27. The zero-order valence-corrected chi connectivity index (χ0v) is 19.0. The van der Waals surface area contributed by atoms with Crippen LogP contribution in [-0.4, -0.2) is 49.9 Å². The summed E-state index contributed by atoms with van der Waals surface area (Å²) in [5.41, 5.74) is 3.16. The number of ether oxygens (including phenoxy) is 1. The van der Waals surface area contributed by atoms with Crippen LogP contribution < -0.4 is 10.2 Å². The molecule has 33 heavy (non-hydrogen) atoms. The summed E-state index contributed by atoms with van der Waals surface area (Å²) in [6, 6.07) is 17.8. The van der Waals surface area contributed by atoms with E-state index in [9.17, 15) is 13.2 Å². The molecule has 3 aromatic rings. The summed E-state index contributed by atoms with van der Waals surface area (Å²) in [5.74, 6) is 0.414. The number of hydrogen-bond donors (Lipinski definition) is 1. The minimum absolute atomic E-state index is 0.133. The van der Waals surface area contributed by atoms with Gasteiger partial charge in [-0.3, -0.25) is 9.69 Å². The number of carbonyl (C=O) groups excluding carboxylic acids is 1. The van der Waals surface area contributed by atoms with Gasteiger partial charge in [-0.2, -0.15) is 4.31 Å². The van der Waals surface area contributed by atoms with Crippen molar-refractivity contribution in [1.29, 1.82) is 0 Å². The number of morpholine rings is 1. The van der Waals surface area contributed by atoms with Gasteiger partial charge in [0.15, 0.2) is 0 Å². The highest BCUT2D eigenvalue weighted by Crippen LogP contribution is 2.37. The van der Waals surface area contributed by atoms with Crippen molar-refractivity contribution in [3.05, 3.63) is 83.6 Å². The molecule has 0 saturated carbocycles. The van der Waals surface area contributed by atoms with Crippen LogP contribution in [0.3, 0.4) is 0 Å². The molecule has 9 heteroatoms. The Bertz CT molecular complexity index is 1270. The van der Waals surface area contributed by atoms with E-state index in [1.807, 2.05) is 37.3 Å². The molecule has 0 unspecified atom stereocenters. The van der Waals surface area contributed by atoms with E-state index in [0.717, 1.165) is 11.1 Å². The number of anilines is 2. The van der Waals surface area contributed by atoms with Crippen molar-refractivity contribution in [3.8, 4) is 0 Å². The lowest BCUT2D eigenvalue weighted by Gasteiger charge is -2.27. The summed E-state index contributed by atoms with van der Waals surface area (Å²) < 4.78 is 32.5. The molecule has 0 aliphatic carbocycles. The number of sulfonamides is 1. The van der Waals surface area contributed by atoms with Crippen LogP contribution >= 0.6 is 0 Å². The fraction of sp³-hybridized carbons (Fsp3) is 0.250. The van der Waals surface area contributed by atoms with Gasteiger partial charge in [0, 0.05) is 36.1 Å². The molecule has 2 aromatic carbocycles. The number of pyridine rings is 1. The highest BCUT2D eigenvalue weighted by molar-refractivity contribution is 7.89. The number of amides is 1. The van der Waals surface area contributed by atoms with Gasteiger partial charge in [0.2, 0.25) is 10.0 Å². The third-order valence-electron chi connectivity index (χ3n) is 5.87. The lowest BCUT2D eigenvalue weighted by atomic mass is 10.1. The molecular formula is C24H24N4O4S. The minimum atomic E-state index is -3.57. The average molecular weight is 465 g/mol. The Kier molecular flexibility index (Phi) is 5.61. The maximum Gasteiger partial charge on any atom is 0.261 e. The summed E-state index contributed by atoms with van der Waals surface area (Å²) in [4.78, 5) is 19.5. The third kappa shape index (κ3) is 3.99. The maximum atomic E-state index is 13.2. The van der Waals surface area contributed by atoms with Gasteiger partial charge in [-0.1, -0.05) is 24.3 Å². The van der Waals surface area contributed by atoms with Crippen molar-refractivity contribution < 1.29 is 17.9 Å². The fourth-order valence-corrected chi connectivity index (χ4v) is 5.52. The van der Waals surface area contributed by atoms with Crippen molar-refractivity contribution in [2.75, 3.05) is 36.5 Å². The largest absolute Gasteiger partial charge is 0.379 e. The molecular weight excluding hydrogens is 440 g/mol. The first-order chi connectivity index (χ1) is 15.9. The Morgan fingerprint density at radius 1 is 1.00 bits per heavy atom. The molecule has 170 valence electrons. The molecule has 0 spiro atoms. The predicted octanol–water partition coefficient (Wildman–Crippen LogP) is 3.18. The van der Waals surface area contributed by atoms with Gasteiger partial charge >= 0.3 is 0 Å². The Morgan fingerprint density at radius 3 is 2.42 bits per heavy atom. The van der Waals surface area contributed by atoms with E-state index in [1.165, 1.54) is 4.31 Å². The molecule has 2 aliphatic rings. The van der Waals surface area contributed by atoms with Crippen molar-refractivity contribution in [1.82, 2.24) is 9.29 Å². The Balaban J connectivity index is 1.44. The van der Waals surface area contributed by atoms with Crippen LogP contribution in [0, 0.1) is 6.92 Å². The van der Waals surface area contributed by atoms with Gasteiger partial charge in [-0.05, 0) is 48.9 Å². The summed E-state index contributed by atoms with van der Waals surface area (Å²) >= 11 is 0. The van der Waals surface area contributed by atoms with Gasteiger partial charge in [-0.25, -0.2) is 13.4 Å². The van der Waals surface area contributed by atoms with Gasteiger partial charge in [0.25, 0.3) is 5.91 Å². The number of hydrogen-bond acceptors (Lipinski definition) is 6. The zero-order valence-electron chi connectivity index (χ0n) is 18.1. The molecule has 8 nitrogen and oxygen atoms in total. The van der Waals surface area contributed by atoms with Crippen LogP contribution in [0.2, 0.25) is 0 Å². The van der Waals surface area contributed by atoms with Gasteiger partial charge in [0.05, 0.1) is 18.1 Å². The Morgan fingerprint density at radius 2 is 1.73 bits per heavy atom. The number of benzene rings is 2. The van der Waals surface area contributed by atoms with Gasteiger partial charge in [-0.15, -0.1) is 0 Å². The fourth-order valence-electron chi connectivity index (χ4n) is 4.11. The number of aromatic nitrogens is 1. The molecule has 5 rings (SSSR count). The van der Waals surface area contributed by atoms with Crippen LogP contribution in [0.1, 0.15) is 27.7 Å². The van der Waals surface area contributed by atoms with E-state index in [1.54, 1.807) is 41.4 Å². The van der Waals surface area contributed by atoms with Gasteiger partial charge in [0.1, 0.15) is 12.0 Å². The van der Waals surface area contributed by atoms with Crippen LogP contribution in [0.25, 0.3) is 0 Å². The van der Waals surface area contributed by atoms with Crippen molar-refractivity contribution in [3.63, 3.8) is 0 Å². The lowest BCUT2D eigenvalue weighted by Crippen LogP contribution is -2.40. The first-order valence-electron chi connectivity index (χ1n) is 10.7. The van der Waals surface area contributed by atoms with Crippen molar-refractivity contribution in [2.24, 2.45) is 0 Å². The SMILES string of the molecule is Cc1ccc(N2C(=O)c3ccccc3[C@@H]2Nc2ccc(S(=O)(=O)N3CCOCC3)cc2)nc1. The highest BCUT2D eigenvalue weighted by atomic mass is 32.2. The van der Waals surface area contributed by atoms with Crippen LogP contribution in [-0.2, 0) is 14.8 Å². The van der Waals surface area contributed by atoms with Crippen LogP contribution in [0.15, 0.2) is 71.8 Å². The molecule has 1 saturated heterocycles. The first-order valence-corrected chi connectivity index (χ1v) is 12.2. The Labute approximate surface area is 192 Å². The predicted molar refractivity (Wildman–Crippen MR) is 125 cm³/mol. The van der Waals surface area contributed by atoms with E-state index in [-0.39, 0.29) is 10.8 Å². The van der Waals surface area contributed by atoms with E-state index in [4.69, 9.17) is 4.74 Å².